The number of carbonyl (C=O) groups excluding carboxylic acids is 1. The summed E-state index contributed by atoms with van der Waals surface area (Å²) in [5, 5.41) is 19.0. The van der Waals surface area contributed by atoms with Crippen molar-refractivity contribution in [2.45, 2.75) is 31.7 Å². The highest BCUT2D eigenvalue weighted by molar-refractivity contribution is 7.13. The number of amides is 1. The summed E-state index contributed by atoms with van der Waals surface area (Å²) in [4.78, 5) is 18.5. The molecule has 1 aliphatic heterocycles. The Hall–Kier alpha value is -1.80. The largest absolute Gasteiger partial charge is 0.392 e. The quantitative estimate of drug-likeness (QED) is 0.749. The lowest BCUT2D eigenvalue weighted by molar-refractivity contribution is -0.122. The van der Waals surface area contributed by atoms with Gasteiger partial charge in [-0.3, -0.25) is 9.69 Å². The Kier molecular flexibility index (Phi) is 4.72. The van der Waals surface area contributed by atoms with Crippen LogP contribution in [0.15, 0.2) is 29.8 Å². The molecule has 2 unspecified atom stereocenters. The van der Waals surface area contributed by atoms with Crippen LogP contribution in [0, 0.1) is 0 Å². The minimum Gasteiger partial charge on any atom is -0.392 e. The first-order valence-electron chi connectivity index (χ1n) is 7.42. The highest BCUT2D eigenvalue weighted by Crippen LogP contribution is 2.28. The highest BCUT2D eigenvalue weighted by atomic mass is 32.1. The van der Waals surface area contributed by atoms with Gasteiger partial charge < -0.3 is 15.9 Å². The van der Waals surface area contributed by atoms with Crippen molar-refractivity contribution in [1.82, 2.24) is 9.88 Å². The van der Waals surface area contributed by atoms with Crippen LogP contribution in [0.2, 0.25) is 0 Å². The second-order valence-electron chi connectivity index (χ2n) is 5.72. The van der Waals surface area contributed by atoms with Crippen LogP contribution in [0.5, 0.6) is 0 Å². The van der Waals surface area contributed by atoms with Crippen molar-refractivity contribution in [2.75, 3.05) is 6.54 Å². The Balaban J connectivity index is 1.74. The molecule has 0 bridgehead atoms. The van der Waals surface area contributed by atoms with E-state index in [1.165, 1.54) is 11.3 Å². The molecule has 0 spiro atoms. The SMILES string of the molecule is NC(=O)C1CC(O)CN1Cc1ccc(-c2scnc2CO)cc1. The lowest BCUT2D eigenvalue weighted by Gasteiger charge is -2.21. The van der Waals surface area contributed by atoms with Crippen molar-refractivity contribution in [1.29, 1.82) is 0 Å². The average molecular weight is 333 g/mol. The van der Waals surface area contributed by atoms with E-state index in [9.17, 15) is 15.0 Å². The molecule has 0 radical (unpaired) electrons. The standard InChI is InChI=1S/C16H19N3O3S/c17-16(22)14-5-12(21)7-19(14)6-10-1-3-11(4-2-10)15-13(8-20)18-9-23-15/h1-4,9,12,14,20-21H,5-8H2,(H2,17,22). The Morgan fingerprint density at radius 3 is 2.78 bits per heavy atom. The summed E-state index contributed by atoms with van der Waals surface area (Å²) in [6, 6.07) is 7.52. The molecule has 2 heterocycles. The number of aliphatic hydroxyl groups excluding tert-OH is 2. The van der Waals surface area contributed by atoms with Gasteiger partial charge in [-0.25, -0.2) is 4.98 Å². The van der Waals surface area contributed by atoms with Crippen molar-refractivity contribution >= 4 is 17.2 Å². The monoisotopic (exact) mass is 333 g/mol. The van der Waals surface area contributed by atoms with E-state index < -0.39 is 18.1 Å². The summed E-state index contributed by atoms with van der Waals surface area (Å²) in [5.41, 5.74) is 9.86. The predicted molar refractivity (Wildman–Crippen MR) is 87.5 cm³/mol. The molecule has 1 amide bonds. The Morgan fingerprint density at radius 1 is 1.39 bits per heavy atom. The lowest BCUT2D eigenvalue weighted by Crippen LogP contribution is -2.39. The number of hydrogen-bond acceptors (Lipinski definition) is 6. The van der Waals surface area contributed by atoms with Gasteiger partial charge in [-0.05, 0) is 17.5 Å². The van der Waals surface area contributed by atoms with Gasteiger partial charge in [-0.15, -0.1) is 11.3 Å². The van der Waals surface area contributed by atoms with E-state index >= 15 is 0 Å². The molecule has 2 aromatic rings. The van der Waals surface area contributed by atoms with Crippen LogP contribution in [0.4, 0.5) is 0 Å². The minimum absolute atomic E-state index is 0.0768. The van der Waals surface area contributed by atoms with Crippen molar-refractivity contribution in [3.8, 4) is 10.4 Å². The van der Waals surface area contributed by atoms with Gasteiger partial charge in [-0.2, -0.15) is 0 Å². The Labute approximate surface area is 138 Å². The third-order valence-electron chi connectivity index (χ3n) is 4.10. The van der Waals surface area contributed by atoms with E-state index in [4.69, 9.17) is 5.73 Å². The summed E-state index contributed by atoms with van der Waals surface area (Å²) in [5.74, 6) is -0.393. The van der Waals surface area contributed by atoms with Gasteiger partial charge in [-0.1, -0.05) is 24.3 Å². The number of carbonyl (C=O) groups is 1. The molecule has 6 nitrogen and oxygen atoms in total. The van der Waals surface area contributed by atoms with Crippen molar-refractivity contribution in [2.24, 2.45) is 5.73 Å². The topological polar surface area (TPSA) is 99.7 Å². The molecule has 1 aliphatic rings. The number of likely N-dealkylation sites (tertiary alicyclic amines) is 1. The number of nitrogens with zero attached hydrogens (tertiary/aromatic N) is 2. The molecule has 23 heavy (non-hydrogen) atoms. The number of primary amides is 1. The number of hydrogen-bond donors (Lipinski definition) is 3. The highest BCUT2D eigenvalue weighted by Gasteiger charge is 2.34. The van der Waals surface area contributed by atoms with Crippen molar-refractivity contribution in [3.05, 3.63) is 41.0 Å². The van der Waals surface area contributed by atoms with E-state index in [0.29, 0.717) is 25.2 Å². The summed E-state index contributed by atoms with van der Waals surface area (Å²) in [6.45, 7) is 0.950. The van der Waals surface area contributed by atoms with E-state index in [1.807, 2.05) is 29.2 Å². The average Bonchev–Trinajstić information content (AvgIpc) is 3.14. The van der Waals surface area contributed by atoms with Gasteiger partial charge in [0.25, 0.3) is 0 Å². The van der Waals surface area contributed by atoms with E-state index in [2.05, 4.69) is 4.98 Å². The second kappa shape index (κ2) is 6.76. The van der Waals surface area contributed by atoms with Crippen LogP contribution < -0.4 is 5.73 Å². The van der Waals surface area contributed by atoms with E-state index in [-0.39, 0.29) is 6.61 Å². The molecule has 1 saturated heterocycles. The molecular weight excluding hydrogens is 314 g/mol. The Morgan fingerprint density at radius 2 is 2.13 bits per heavy atom. The van der Waals surface area contributed by atoms with E-state index in [1.54, 1.807) is 5.51 Å². The molecule has 122 valence electrons. The molecule has 1 aromatic heterocycles. The summed E-state index contributed by atoms with van der Waals surface area (Å²) in [7, 11) is 0. The molecule has 1 fully saturated rings. The second-order valence-corrected chi connectivity index (χ2v) is 6.58. The number of β-amino-alcohol motifs (C(OH)–C–C–N with tert-alkyl or cyclic N) is 1. The van der Waals surface area contributed by atoms with Gasteiger partial charge in [0.15, 0.2) is 0 Å². The normalized spacial score (nSPS) is 21.7. The molecule has 4 N–H and O–H groups in total. The number of benzene rings is 1. The summed E-state index contributed by atoms with van der Waals surface area (Å²) < 4.78 is 0. The summed E-state index contributed by atoms with van der Waals surface area (Å²) in [6.07, 6.45) is -0.107. The fraction of sp³-hybridized carbons (Fsp3) is 0.375. The van der Waals surface area contributed by atoms with Gasteiger partial charge >= 0.3 is 0 Å². The first-order chi connectivity index (χ1) is 11.1. The molecular formula is C16H19N3O3S. The third-order valence-corrected chi connectivity index (χ3v) is 5.02. The fourth-order valence-electron chi connectivity index (χ4n) is 2.96. The van der Waals surface area contributed by atoms with Crippen molar-refractivity contribution in [3.63, 3.8) is 0 Å². The molecule has 0 aliphatic carbocycles. The summed E-state index contributed by atoms with van der Waals surface area (Å²) >= 11 is 1.49. The lowest BCUT2D eigenvalue weighted by atomic mass is 10.1. The zero-order valence-corrected chi connectivity index (χ0v) is 13.4. The van der Waals surface area contributed by atoms with Crippen molar-refractivity contribution < 1.29 is 15.0 Å². The molecule has 0 saturated carbocycles. The molecule has 7 heteroatoms. The fourth-order valence-corrected chi connectivity index (χ4v) is 3.77. The van der Waals surface area contributed by atoms with Crippen LogP contribution in [0.25, 0.3) is 10.4 Å². The first kappa shape index (κ1) is 16.1. The van der Waals surface area contributed by atoms with Crippen LogP contribution in [-0.4, -0.2) is 44.7 Å². The predicted octanol–water partition coefficient (Wildman–Crippen LogP) is 0.723. The van der Waals surface area contributed by atoms with Gasteiger partial charge in [0.05, 0.1) is 34.8 Å². The number of aromatic nitrogens is 1. The maximum absolute atomic E-state index is 11.5. The smallest absolute Gasteiger partial charge is 0.234 e. The zero-order chi connectivity index (χ0) is 16.4. The Bertz CT molecular complexity index is 686. The van der Waals surface area contributed by atoms with Crippen LogP contribution >= 0.6 is 11.3 Å². The molecule has 1 aromatic carbocycles. The first-order valence-corrected chi connectivity index (χ1v) is 8.30. The van der Waals surface area contributed by atoms with E-state index in [0.717, 1.165) is 16.0 Å². The minimum atomic E-state index is -0.504. The maximum atomic E-state index is 11.5. The number of nitrogens with two attached hydrogens (primary N) is 1. The third kappa shape index (κ3) is 3.42. The van der Waals surface area contributed by atoms with Gasteiger partial charge in [0, 0.05) is 13.1 Å². The van der Waals surface area contributed by atoms with Gasteiger partial charge in [0.1, 0.15) is 0 Å². The van der Waals surface area contributed by atoms with Crippen LogP contribution in [0.3, 0.4) is 0 Å². The number of aliphatic hydroxyl groups is 2. The molecule has 3 rings (SSSR count). The number of thiazole rings is 1. The maximum Gasteiger partial charge on any atom is 0.234 e. The number of rotatable bonds is 5. The van der Waals surface area contributed by atoms with Crippen LogP contribution in [0.1, 0.15) is 17.7 Å². The van der Waals surface area contributed by atoms with Crippen LogP contribution in [-0.2, 0) is 17.9 Å². The molecule has 2 atom stereocenters. The zero-order valence-electron chi connectivity index (χ0n) is 12.6. The van der Waals surface area contributed by atoms with Gasteiger partial charge in [0.2, 0.25) is 5.91 Å².